The molecule has 0 aliphatic carbocycles. The van der Waals surface area contributed by atoms with Gasteiger partial charge in [0.2, 0.25) is 0 Å². The molecule has 0 aromatic heterocycles. The molecule has 0 aromatic carbocycles. The fourth-order valence-electron chi connectivity index (χ4n) is 1.57. The molecule has 1 aliphatic rings. The van der Waals surface area contributed by atoms with Crippen LogP contribution >= 0.6 is 0 Å². The van der Waals surface area contributed by atoms with Gasteiger partial charge in [0.25, 0.3) is 0 Å². The van der Waals surface area contributed by atoms with Crippen LogP contribution in [0, 0.1) is 0 Å². The Morgan fingerprint density at radius 3 is 2.59 bits per heavy atom. The molecule has 8 nitrogen and oxygen atoms in total. The van der Waals surface area contributed by atoms with Crippen molar-refractivity contribution in [3.8, 4) is 0 Å². The molecule has 0 aromatic rings. The van der Waals surface area contributed by atoms with Crippen molar-refractivity contribution in [2.24, 2.45) is 5.73 Å². The molecular weight excluding hydrogens is 234 g/mol. The maximum absolute atomic E-state index is 10.6. The highest BCUT2D eigenvalue weighted by Crippen LogP contribution is 2.22. The average molecular weight is 251 g/mol. The highest BCUT2D eigenvalue weighted by atomic mass is 16.6. The smallest absolute Gasteiger partial charge is 0.332 e. The molecule has 0 unspecified atom stereocenters. The number of aliphatic carboxylic acids is 1. The van der Waals surface area contributed by atoms with Gasteiger partial charge in [0, 0.05) is 0 Å². The van der Waals surface area contributed by atoms with Crippen LogP contribution in [0.5, 0.6) is 0 Å². The topological polar surface area (TPSA) is 142 Å². The highest BCUT2D eigenvalue weighted by molar-refractivity contribution is 5.71. The number of carboxylic acids is 1. The van der Waals surface area contributed by atoms with Crippen molar-refractivity contribution in [3.05, 3.63) is 0 Å². The van der Waals surface area contributed by atoms with Crippen LogP contribution in [0.4, 0.5) is 0 Å². The van der Waals surface area contributed by atoms with Gasteiger partial charge in [-0.25, -0.2) is 4.79 Å². The molecule has 8 heteroatoms. The SMILES string of the molecule is C[C@H](O[C@@H]1[C@@H](N)[C@@H](O)O[C@H](CO)[C@H]1O)C(=O)O. The van der Waals surface area contributed by atoms with Crippen molar-refractivity contribution in [1.82, 2.24) is 0 Å². The average Bonchev–Trinajstić information content (AvgIpc) is 2.28. The molecule has 1 saturated heterocycles. The Bertz CT molecular complexity index is 274. The van der Waals surface area contributed by atoms with Crippen molar-refractivity contribution in [2.75, 3.05) is 6.61 Å². The summed E-state index contributed by atoms with van der Waals surface area (Å²) >= 11 is 0. The van der Waals surface area contributed by atoms with E-state index in [1.165, 1.54) is 6.92 Å². The van der Waals surface area contributed by atoms with Crippen molar-refractivity contribution in [3.63, 3.8) is 0 Å². The molecule has 0 spiro atoms. The van der Waals surface area contributed by atoms with E-state index in [1.54, 1.807) is 0 Å². The maximum atomic E-state index is 10.6. The monoisotopic (exact) mass is 251 g/mol. The van der Waals surface area contributed by atoms with Crippen LogP contribution in [0.25, 0.3) is 0 Å². The molecule has 1 aliphatic heterocycles. The van der Waals surface area contributed by atoms with E-state index in [4.69, 9.17) is 25.4 Å². The van der Waals surface area contributed by atoms with Crippen LogP contribution < -0.4 is 5.73 Å². The number of hydrogen-bond donors (Lipinski definition) is 5. The number of rotatable bonds is 4. The van der Waals surface area contributed by atoms with Gasteiger partial charge in [0.1, 0.15) is 18.3 Å². The van der Waals surface area contributed by atoms with Crippen LogP contribution in [0.15, 0.2) is 0 Å². The fraction of sp³-hybridized carbons (Fsp3) is 0.889. The molecule has 0 amide bonds. The second-order valence-corrected chi connectivity index (χ2v) is 3.90. The first kappa shape index (κ1) is 14.3. The van der Waals surface area contributed by atoms with Crippen LogP contribution in [0.3, 0.4) is 0 Å². The summed E-state index contributed by atoms with van der Waals surface area (Å²) in [6.07, 6.45) is -6.11. The normalized spacial score (nSPS) is 39.9. The molecule has 1 rings (SSSR count). The zero-order valence-corrected chi connectivity index (χ0v) is 9.26. The third kappa shape index (κ3) is 3.12. The largest absolute Gasteiger partial charge is 0.479 e. The van der Waals surface area contributed by atoms with Gasteiger partial charge in [-0.05, 0) is 6.92 Å². The van der Waals surface area contributed by atoms with E-state index in [-0.39, 0.29) is 0 Å². The summed E-state index contributed by atoms with van der Waals surface area (Å²) in [6.45, 7) is 0.740. The lowest BCUT2D eigenvalue weighted by atomic mass is 9.97. The predicted molar refractivity (Wildman–Crippen MR) is 53.9 cm³/mol. The molecule has 0 saturated carbocycles. The van der Waals surface area contributed by atoms with Crippen molar-refractivity contribution >= 4 is 5.97 Å². The van der Waals surface area contributed by atoms with Gasteiger partial charge in [-0.1, -0.05) is 0 Å². The fourth-order valence-corrected chi connectivity index (χ4v) is 1.57. The van der Waals surface area contributed by atoms with E-state index in [9.17, 15) is 15.0 Å². The summed E-state index contributed by atoms with van der Waals surface area (Å²) in [7, 11) is 0. The Morgan fingerprint density at radius 2 is 2.12 bits per heavy atom. The Kier molecular flexibility index (Phi) is 4.80. The number of carbonyl (C=O) groups is 1. The predicted octanol–water partition coefficient (Wildman–Crippen LogP) is -2.76. The lowest BCUT2D eigenvalue weighted by Gasteiger charge is -2.41. The molecule has 100 valence electrons. The lowest BCUT2D eigenvalue weighted by molar-refractivity contribution is -0.262. The molecule has 0 bridgehead atoms. The summed E-state index contributed by atoms with van der Waals surface area (Å²) in [5.74, 6) is -1.22. The molecule has 0 radical (unpaired) electrons. The van der Waals surface area contributed by atoms with Gasteiger partial charge in [-0.2, -0.15) is 0 Å². The molecule has 17 heavy (non-hydrogen) atoms. The van der Waals surface area contributed by atoms with Crippen molar-refractivity contribution in [1.29, 1.82) is 0 Å². The quantitative estimate of drug-likeness (QED) is 0.361. The Balaban J connectivity index is 2.74. The first-order valence-electron chi connectivity index (χ1n) is 5.14. The van der Waals surface area contributed by atoms with Gasteiger partial charge in [-0.15, -0.1) is 0 Å². The van der Waals surface area contributed by atoms with E-state index in [0.717, 1.165) is 0 Å². The minimum absolute atomic E-state index is 0.535. The molecule has 6 N–H and O–H groups in total. The minimum atomic E-state index is -1.43. The van der Waals surface area contributed by atoms with E-state index >= 15 is 0 Å². The first-order chi connectivity index (χ1) is 7.88. The van der Waals surface area contributed by atoms with Gasteiger partial charge in [0.15, 0.2) is 12.4 Å². The number of hydrogen-bond acceptors (Lipinski definition) is 7. The van der Waals surface area contributed by atoms with Crippen LogP contribution in [-0.2, 0) is 14.3 Å². The number of aliphatic hydroxyl groups is 3. The lowest BCUT2D eigenvalue weighted by Crippen LogP contribution is -2.63. The van der Waals surface area contributed by atoms with Crippen molar-refractivity contribution in [2.45, 2.75) is 43.7 Å². The van der Waals surface area contributed by atoms with Gasteiger partial charge in [-0.3, -0.25) is 0 Å². The van der Waals surface area contributed by atoms with Crippen molar-refractivity contribution < 1.29 is 34.7 Å². The van der Waals surface area contributed by atoms with Gasteiger partial charge >= 0.3 is 5.97 Å². The van der Waals surface area contributed by atoms with Crippen LogP contribution in [-0.4, -0.2) is 69.8 Å². The first-order valence-corrected chi connectivity index (χ1v) is 5.14. The van der Waals surface area contributed by atoms with E-state index in [2.05, 4.69) is 0 Å². The van der Waals surface area contributed by atoms with Crippen LogP contribution in [0.1, 0.15) is 6.92 Å². The number of aliphatic hydroxyl groups excluding tert-OH is 3. The molecule has 6 atom stereocenters. The third-order valence-electron chi connectivity index (χ3n) is 2.63. The second-order valence-electron chi connectivity index (χ2n) is 3.90. The molecular formula is C9H17NO7. The zero-order valence-electron chi connectivity index (χ0n) is 9.26. The summed E-state index contributed by atoms with van der Waals surface area (Å²) in [6, 6.07) is -1.09. The number of nitrogens with two attached hydrogens (primary N) is 1. The van der Waals surface area contributed by atoms with E-state index < -0.39 is 49.3 Å². The van der Waals surface area contributed by atoms with E-state index in [1.807, 2.05) is 0 Å². The summed E-state index contributed by atoms with van der Waals surface area (Å²) in [5.41, 5.74) is 5.54. The Labute approximate surface area is 97.6 Å². The van der Waals surface area contributed by atoms with Gasteiger partial charge in [0.05, 0.1) is 12.6 Å². The zero-order chi connectivity index (χ0) is 13.2. The number of ether oxygens (including phenoxy) is 2. The van der Waals surface area contributed by atoms with Gasteiger partial charge < -0.3 is 35.6 Å². The highest BCUT2D eigenvalue weighted by Gasteiger charge is 2.44. The Morgan fingerprint density at radius 1 is 1.53 bits per heavy atom. The summed E-state index contributed by atoms with van der Waals surface area (Å²) < 4.78 is 9.89. The molecule has 1 heterocycles. The standard InChI is InChI=1S/C9H17NO7/c1-3(8(13)14)16-7-5(10)9(15)17-4(2-11)6(7)12/h3-7,9,11-12,15H,2,10H2,1H3,(H,13,14)/t3-,4+,5+,6+,7+,9-/m0/s1. The summed E-state index contributed by atoms with van der Waals surface area (Å²) in [4.78, 5) is 10.6. The second kappa shape index (κ2) is 5.71. The number of carboxylic acid groups (broad SMARTS) is 1. The summed E-state index contributed by atoms with van der Waals surface area (Å²) in [5, 5.41) is 36.8. The third-order valence-corrected chi connectivity index (χ3v) is 2.63. The van der Waals surface area contributed by atoms with Crippen LogP contribution in [0.2, 0.25) is 0 Å². The molecule has 1 fully saturated rings. The maximum Gasteiger partial charge on any atom is 0.332 e. The Hall–Kier alpha value is -0.770. The minimum Gasteiger partial charge on any atom is -0.479 e. The van der Waals surface area contributed by atoms with E-state index in [0.29, 0.717) is 0 Å².